The SMILES string of the molecule is Cc1csc(CN(C)C(=O)c2cccc(C(=O)NC(Cc3ccccc3)C(O)C3CCCN3C(=O)OC(C)(C)C)c2)n1. The summed E-state index contributed by atoms with van der Waals surface area (Å²) in [5.41, 5.74) is 1.87. The molecule has 42 heavy (non-hydrogen) atoms. The Hall–Kier alpha value is -3.76. The lowest BCUT2D eigenvalue weighted by atomic mass is 9.94. The third kappa shape index (κ3) is 8.17. The summed E-state index contributed by atoms with van der Waals surface area (Å²) in [6.45, 7) is 8.17. The maximum atomic E-state index is 13.5. The summed E-state index contributed by atoms with van der Waals surface area (Å²) in [5, 5.41) is 17.4. The van der Waals surface area contributed by atoms with Crippen LogP contribution >= 0.6 is 11.3 Å². The first-order valence-corrected chi connectivity index (χ1v) is 15.1. The van der Waals surface area contributed by atoms with Crippen LogP contribution in [0.4, 0.5) is 4.79 Å². The quantitative estimate of drug-likeness (QED) is 0.368. The summed E-state index contributed by atoms with van der Waals surface area (Å²) in [4.78, 5) is 47.2. The van der Waals surface area contributed by atoms with Crippen molar-refractivity contribution in [1.29, 1.82) is 0 Å². The van der Waals surface area contributed by atoms with Crippen molar-refractivity contribution in [2.75, 3.05) is 13.6 Å². The fourth-order valence-electron chi connectivity index (χ4n) is 5.10. The number of nitrogens with one attached hydrogen (secondary N) is 1. The van der Waals surface area contributed by atoms with E-state index in [4.69, 9.17) is 4.74 Å². The molecule has 3 atom stereocenters. The van der Waals surface area contributed by atoms with Crippen molar-refractivity contribution in [3.63, 3.8) is 0 Å². The zero-order valence-corrected chi connectivity index (χ0v) is 25.7. The molecule has 0 saturated carbocycles. The molecule has 1 aromatic heterocycles. The Balaban J connectivity index is 1.52. The number of carbonyl (C=O) groups excluding carboxylic acids is 3. The molecule has 9 nitrogen and oxygen atoms in total. The van der Waals surface area contributed by atoms with Gasteiger partial charge in [-0.2, -0.15) is 0 Å². The summed E-state index contributed by atoms with van der Waals surface area (Å²) >= 11 is 1.50. The number of hydrogen-bond acceptors (Lipinski definition) is 7. The van der Waals surface area contributed by atoms with Gasteiger partial charge < -0.3 is 25.0 Å². The molecule has 2 aromatic carbocycles. The minimum atomic E-state index is -1.04. The van der Waals surface area contributed by atoms with Crippen molar-refractivity contribution < 1.29 is 24.2 Å². The molecular formula is C32H40N4O5S. The van der Waals surface area contributed by atoms with Crippen molar-refractivity contribution in [2.45, 2.75) is 77.3 Å². The number of rotatable bonds is 9. The summed E-state index contributed by atoms with van der Waals surface area (Å²) < 4.78 is 5.59. The van der Waals surface area contributed by atoms with E-state index in [1.54, 1.807) is 41.1 Å². The molecule has 1 aliphatic rings. The molecule has 2 heterocycles. The van der Waals surface area contributed by atoms with Crippen LogP contribution in [0.3, 0.4) is 0 Å². The van der Waals surface area contributed by atoms with E-state index in [2.05, 4.69) is 10.3 Å². The molecule has 3 amide bonds. The first-order valence-electron chi connectivity index (χ1n) is 14.2. The van der Waals surface area contributed by atoms with E-state index in [-0.39, 0.29) is 5.91 Å². The predicted octanol–water partition coefficient (Wildman–Crippen LogP) is 4.83. The lowest BCUT2D eigenvalue weighted by Crippen LogP contribution is -2.54. The lowest BCUT2D eigenvalue weighted by molar-refractivity contribution is -0.00161. The van der Waals surface area contributed by atoms with Crippen LogP contribution in [0.15, 0.2) is 60.0 Å². The number of amides is 3. The molecular weight excluding hydrogens is 552 g/mol. The maximum absolute atomic E-state index is 13.5. The van der Waals surface area contributed by atoms with Gasteiger partial charge in [0, 0.05) is 35.8 Å². The number of likely N-dealkylation sites (tertiary alicyclic amines) is 1. The van der Waals surface area contributed by atoms with Crippen LogP contribution in [-0.4, -0.2) is 75.2 Å². The molecule has 0 radical (unpaired) electrons. The molecule has 224 valence electrons. The number of thiazole rings is 1. The zero-order valence-electron chi connectivity index (χ0n) is 24.9. The summed E-state index contributed by atoms with van der Waals surface area (Å²) in [6.07, 6.45) is 0.168. The van der Waals surface area contributed by atoms with Crippen LogP contribution in [0.5, 0.6) is 0 Å². The van der Waals surface area contributed by atoms with Gasteiger partial charge in [0.25, 0.3) is 11.8 Å². The summed E-state index contributed by atoms with van der Waals surface area (Å²) in [6, 6.07) is 14.9. The number of benzene rings is 2. The molecule has 1 fully saturated rings. The highest BCUT2D eigenvalue weighted by atomic mass is 32.1. The molecule has 0 aliphatic carbocycles. The fraction of sp³-hybridized carbons (Fsp3) is 0.438. The maximum Gasteiger partial charge on any atom is 0.410 e. The largest absolute Gasteiger partial charge is 0.444 e. The predicted molar refractivity (Wildman–Crippen MR) is 162 cm³/mol. The van der Waals surface area contributed by atoms with Crippen LogP contribution in [-0.2, 0) is 17.7 Å². The highest BCUT2D eigenvalue weighted by Crippen LogP contribution is 2.26. The van der Waals surface area contributed by atoms with E-state index in [0.29, 0.717) is 37.1 Å². The smallest absolute Gasteiger partial charge is 0.410 e. The minimum absolute atomic E-state index is 0.225. The monoisotopic (exact) mass is 592 g/mol. The first kappa shape index (κ1) is 31.2. The molecule has 0 spiro atoms. The number of aliphatic hydroxyl groups is 1. The Morgan fingerprint density at radius 1 is 1.14 bits per heavy atom. The Bertz CT molecular complexity index is 1390. The first-order chi connectivity index (χ1) is 19.9. The second kappa shape index (κ2) is 13.5. The van der Waals surface area contributed by atoms with Gasteiger partial charge in [0.2, 0.25) is 0 Å². The van der Waals surface area contributed by atoms with Gasteiger partial charge in [0.05, 0.1) is 24.7 Å². The Labute approximate surface area is 251 Å². The number of carbonyl (C=O) groups is 3. The molecule has 3 unspecified atom stereocenters. The van der Waals surface area contributed by atoms with E-state index in [1.165, 1.54) is 11.3 Å². The third-order valence-corrected chi connectivity index (χ3v) is 8.06. The van der Waals surface area contributed by atoms with Gasteiger partial charge in [-0.05, 0) is 70.7 Å². The second-order valence-corrected chi connectivity index (χ2v) is 12.7. The molecule has 10 heteroatoms. The summed E-state index contributed by atoms with van der Waals surface area (Å²) in [5.74, 6) is -0.637. The highest BCUT2D eigenvalue weighted by Gasteiger charge is 2.40. The van der Waals surface area contributed by atoms with Crippen molar-refractivity contribution >= 4 is 29.2 Å². The highest BCUT2D eigenvalue weighted by molar-refractivity contribution is 7.09. The normalized spacial score (nSPS) is 16.5. The topological polar surface area (TPSA) is 112 Å². The molecule has 1 aliphatic heterocycles. The summed E-state index contributed by atoms with van der Waals surface area (Å²) in [7, 11) is 1.70. The number of nitrogens with zero attached hydrogens (tertiary/aromatic N) is 3. The molecule has 1 saturated heterocycles. The van der Waals surface area contributed by atoms with Gasteiger partial charge in [0.15, 0.2) is 0 Å². The third-order valence-electron chi connectivity index (χ3n) is 7.11. The standard InChI is InChI=1S/C32H40N4O5S/c1-21-20-42-27(33-21)19-35(5)30(39)24-14-9-13-23(18-24)29(38)34-25(17-22-11-7-6-8-12-22)28(37)26-15-10-16-36(26)31(40)41-32(2,3)4/h6-9,11-14,18,20,25-26,28,37H,10,15-17,19H2,1-5H3,(H,34,38). The van der Waals surface area contributed by atoms with Crippen molar-refractivity contribution in [2.24, 2.45) is 0 Å². The Kier molecular flexibility index (Phi) is 10.0. The van der Waals surface area contributed by atoms with Crippen LogP contribution in [0.1, 0.15) is 70.6 Å². The van der Waals surface area contributed by atoms with Crippen LogP contribution in [0.25, 0.3) is 0 Å². The van der Waals surface area contributed by atoms with Crippen molar-refractivity contribution in [3.05, 3.63) is 87.4 Å². The lowest BCUT2D eigenvalue weighted by Gasteiger charge is -2.35. The van der Waals surface area contributed by atoms with E-state index in [1.807, 2.05) is 63.4 Å². The van der Waals surface area contributed by atoms with Gasteiger partial charge in [-0.25, -0.2) is 9.78 Å². The molecule has 2 N–H and O–H groups in total. The van der Waals surface area contributed by atoms with Crippen LogP contribution < -0.4 is 5.32 Å². The average Bonchev–Trinajstić information content (AvgIpc) is 3.60. The zero-order chi connectivity index (χ0) is 30.4. The van der Waals surface area contributed by atoms with Crippen molar-refractivity contribution in [3.8, 4) is 0 Å². The Morgan fingerprint density at radius 3 is 2.52 bits per heavy atom. The molecule has 4 rings (SSSR count). The number of hydrogen-bond donors (Lipinski definition) is 2. The molecule has 0 bridgehead atoms. The number of aryl methyl sites for hydroxylation is 1. The Morgan fingerprint density at radius 2 is 1.86 bits per heavy atom. The number of aromatic nitrogens is 1. The minimum Gasteiger partial charge on any atom is -0.444 e. The van der Waals surface area contributed by atoms with Crippen LogP contribution in [0.2, 0.25) is 0 Å². The van der Waals surface area contributed by atoms with E-state index in [0.717, 1.165) is 22.7 Å². The van der Waals surface area contributed by atoms with E-state index in [9.17, 15) is 19.5 Å². The molecule has 3 aromatic rings. The average molecular weight is 593 g/mol. The van der Waals surface area contributed by atoms with Gasteiger partial charge in [0.1, 0.15) is 10.6 Å². The van der Waals surface area contributed by atoms with Gasteiger partial charge in [-0.15, -0.1) is 11.3 Å². The van der Waals surface area contributed by atoms with Gasteiger partial charge >= 0.3 is 6.09 Å². The van der Waals surface area contributed by atoms with E-state index >= 15 is 0 Å². The number of aliphatic hydroxyl groups excluding tert-OH is 1. The van der Waals surface area contributed by atoms with Crippen molar-refractivity contribution in [1.82, 2.24) is 20.1 Å². The fourth-order valence-corrected chi connectivity index (χ4v) is 5.93. The van der Waals surface area contributed by atoms with Crippen LogP contribution in [0, 0.1) is 6.92 Å². The van der Waals surface area contributed by atoms with Gasteiger partial charge in [-0.3, -0.25) is 9.59 Å². The van der Waals surface area contributed by atoms with Gasteiger partial charge in [-0.1, -0.05) is 36.4 Å². The van der Waals surface area contributed by atoms with E-state index < -0.39 is 35.8 Å². The second-order valence-electron chi connectivity index (χ2n) is 11.8. The number of ether oxygens (including phenoxy) is 1.